The first-order chi connectivity index (χ1) is 32.7. The van der Waals surface area contributed by atoms with E-state index in [1.807, 2.05) is 0 Å². The van der Waals surface area contributed by atoms with Crippen molar-refractivity contribution in [3.05, 3.63) is 165 Å². The van der Waals surface area contributed by atoms with Crippen LogP contribution in [0.3, 0.4) is 0 Å². The molecule has 3 N–H and O–H groups in total. The molecule has 24 heteroatoms. The van der Waals surface area contributed by atoms with Crippen LogP contribution >= 0.6 is 23.2 Å². The van der Waals surface area contributed by atoms with Crippen molar-refractivity contribution in [3.8, 4) is 33.6 Å². The zero-order valence-electron chi connectivity index (χ0n) is 36.6. The van der Waals surface area contributed by atoms with Gasteiger partial charge in [0.2, 0.25) is 0 Å². The molecule has 0 aliphatic rings. The number of rotatable bonds is 8. The van der Waals surface area contributed by atoms with Crippen molar-refractivity contribution in [2.24, 2.45) is 0 Å². The second-order valence-electron chi connectivity index (χ2n) is 16.0. The van der Waals surface area contributed by atoms with Crippen LogP contribution in [0.5, 0.6) is 0 Å². The van der Waals surface area contributed by atoms with Crippen molar-refractivity contribution in [2.75, 3.05) is 11.1 Å². The SMILES string of the molecule is Cc1cc(C(F)(C(F)(F)F)C(F)(F)F)cc(C)c1-n1cc(-c2ccc(Cl)c(N)c2)cn1.Cc1cc(C(F)(C(F)(F)F)C(F)(F)F)cc(C)c1-n1cc(-c2ccc(Cl)c(NC(=O)c3ccc(F)cc3)c2)cn1. The van der Waals surface area contributed by atoms with Crippen LogP contribution in [0.25, 0.3) is 33.6 Å². The summed E-state index contributed by atoms with van der Waals surface area (Å²) in [6.45, 7) is 5.04. The monoisotopic (exact) mass is 1050 g/mol. The van der Waals surface area contributed by atoms with Gasteiger partial charge in [0, 0.05) is 40.2 Å². The Kier molecular flexibility index (Phi) is 14.5. The van der Waals surface area contributed by atoms with Crippen LogP contribution < -0.4 is 11.1 Å². The van der Waals surface area contributed by atoms with Gasteiger partial charge in [-0.2, -0.15) is 62.9 Å². The van der Waals surface area contributed by atoms with Crippen molar-refractivity contribution < 1.29 is 70.7 Å². The summed E-state index contributed by atoms with van der Waals surface area (Å²) in [5.74, 6) is -1.07. The number of nitrogens with two attached hydrogens (primary N) is 1. The van der Waals surface area contributed by atoms with Crippen molar-refractivity contribution in [3.63, 3.8) is 0 Å². The average molecular weight is 1050 g/mol. The van der Waals surface area contributed by atoms with Crippen LogP contribution in [-0.2, 0) is 11.3 Å². The molecular weight excluding hydrogens is 1020 g/mol. The summed E-state index contributed by atoms with van der Waals surface area (Å²) >= 11 is 12.1. The fourth-order valence-electron chi connectivity index (χ4n) is 7.52. The lowest BCUT2D eigenvalue weighted by Gasteiger charge is -2.31. The predicted molar refractivity (Wildman–Crippen MR) is 236 cm³/mol. The van der Waals surface area contributed by atoms with E-state index in [9.17, 15) is 70.7 Å². The van der Waals surface area contributed by atoms with E-state index >= 15 is 0 Å². The minimum absolute atomic E-state index is 0.0178. The normalized spacial score (nSPS) is 12.7. The van der Waals surface area contributed by atoms with E-state index in [0.29, 0.717) is 57.2 Å². The van der Waals surface area contributed by atoms with Gasteiger partial charge in [-0.05, 0) is 110 Å². The molecule has 0 spiro atoms. The van der Waals surface area contributed by atoms with Gasteiger partial charge < -0.3 is 11.1 Å². The number of aromatic nitrogens is 4. The van der Waals surface area contributed by atoms with E-state index in [0.717, 1.165) is 12.1 Å². The summed E-state index contributed by atoms with van der Waals surface area (Å²) in [7, 11) is 0. The Labute approximate surface area is 402 Å². The molecule has 0 unspecified atom stereocenters. The zero-order chi connectivity index (χ0) is 53.0. The molecule has 7 aromatic rings. The lowest BCUT2D eigenvalue weighted by atomic mass is 9.90. The van der Waals surface area contributed by atoms with Crippen LogP contribution in [-0.4, -0.2) is 50.2 Å². The van der Waals surface area contributed by atoms with Gasteiger partial charge in [-0.25, -0.2) is 22.5 Å². The smallest absolute Gasteiger partial charge is 0.398 e. The molecule has 0 aliphatic heterocycles. The highest BCUT2D eigenvalue weighted by molar-refractivity contribution is 6.34. The molecule has 71 heavy (non-hydrogen) atoms. The van der Waals surface area contributed by atoms with Crippen LogP contribution in [0.15, 0.2) is 110 Å². The Morgan fingerprint density at radius 3 is 1.25 bits per heavy atom. The van der Waals surface area contributed by atoms with Gasteiger partial charge in [0.15, 0.2) is 0 Å². The Morgan fingerprint density at radius 1 is 0.521 bits per heavy atom. The molecule has 7 nitrogen and oxygen atoms in total. The van der Waals surface area contributed by atoms with Crippen LogP contribution in [0.2, 0.25) is 10.0 Å². The molecule has 0 aliphatic carbocycles. The number of carbonyl (C=O) groups is 1. The number of aryl methyl sites for hydroxylation is 4. The summed E-state index contributed by atoms with van der Waals surface area (Å²) in [5, 5.41) is 11.5. The summed E-state index contributed by atoms with van der Waals surface area (Å²) in [6, 6.07) is 16.3. The van der Waals surface area contributed by atoms with Crippen LogP contribution in [0.1, 0.15) is 43.7 Å². The number of halogens is 17. The first-order valence-corrected chi connectivity index (χ1v) is 20.9. The average Bonchev–Trinajstić information content (AvgIpc) is 3.94. The minimum Gasteiger partial charge on any atom is -0.398 e. The molecule has 2 heterocycles. The quantitative estimate of drug-likeness (QED) is 0.117. The summed E-state index contributed by atoms with van der Waals surface area (Å²) in [6.07, 6.45) is -19.0. The second kappa shape index (κ2) is 19.2. The molecule has 5 aromatic carbocycles. The number of amides is 1. The van der Waals surface area contributed by atoms with Crippen LogP contribution in [0.4, 0.5) is 77.2 Å². The highest BCUT2D eigenvalue weighted by atomic mass is 35.5. The molecule has 0 saturated carbocycles. The summed E-state index contributed by atoms with van der Waals surface area (Å²) in [4.78, 5) is 12.5. The highest BCUT2D eigenvalue weighted by Crippen LogP contribution is 2.55. The van der Waals surface area contributed by atoms with Crippen molar-refractivity contribution in [2.45, 2.75) is 63.7 Å². The molecule has 2 aromatic heterocycles. The van der Waals surface area contributed by atoms with Crippen LogP contribution in [0, 0.1) is 33.5 Å². The van der Waals surface area contributed by atoms with E-state index in [1.54, 1.807) is 24.3 Å². The fourth-order valence-corrected chi connectivity index (χ4v) is 7.80. The highest BCUT2D eigenvalue weighted by Gasteiger charge is 2.74. The third-order valence-electron chi connectivity index (χ3n) is 10.9. The topological polar surface area (TPSA) is 90.8 Å². The lowest BCUT2D eigenvalue weighted by molar-refractivity contribution is -0.349. The Bertz CT molecular complexity index is 3050. The number of hydrogen-bond donors (Lipinski definition) is 2. The van der Waals surface area contributed by atoms with Gasteiger partial charge in [0.1, 0.15) is 5.82 Å². The van der Waals surface area contributed by atoms with Gasteiger partial charge >= 0.3 is 36.0 Å². The first kappa shape index (κ1) is 53.7. The minimum atomic E-state index is -6.23. The summed E-state index contributed by atoms with van der Waals surface area (Å²) in [5.41, 5.74) is -5.30. The molecule has 0 radical (unpaired) electrons. The third kappa shape index (κ3) is 10.4. The fraction of sp³-hybridized carbons (Fsp3) is 0.213. The maximum atomic E-state index is 14.6. The number of alkyl halides is 14. The number of nitrogens with zero attached hydrogens (tertiary/aromatic N) is 4. The molecule has 1 amide bonds. The number of hydrogen-bond acceptors (Lipinski definition) is 4. The standard InChI is InChI=1S/C27H18ClF8N3O.C20H15ClF7N3/c1-14-9-19(25(30,26(31,32)33)27(34,35)36)10-15(2)23(14)39-13-18(12-37-39)17-5-8-21(28)22(11-17)38-24(40)16-3-6-20(29)7-4-16;1-10-5-14(18(22,19(23,24)25)20(26,27)28)6-11(2)17(10)31-9-13(8-30-31)12-3-4-15(21)16(29)7-12/h3-13H,1-2H3,(H,38,40);3-9H,29H2,1-2H3. The molecule has 0 saturated heterocycles. The van der Waals surface area contributed by atoms with Gasteiger partial charge in [-0.3, -0.25) is 4.79 Å². The van der Waals surface area contributed by atoms with E-state index in [1.165, 1.54) is 86.1 Å². The Hall–Kier alpha value is -6.68. The maximum absolute atomic E-state index is 14.6. The zero-order valence-corrected chi connectivity index (χ0v) is 38.1. The Balaban J connectivity index is 0.000000240. The summed E-state index contributed by atoms with van der Waals surface area (Å²) < 4.78 is 203. The second-order valence-corrected chi connectivity index (χ2v) is 16.8. The Morgan fingerprint density at radius 2 is 0.887 bits per heavy atom. The number of nitrogen functional groups attached to an aromatic ring is 1. The first-order valence-electron chi connectivity index (χ1n) is 20.1. The largest absolute Gasteiger partial charge is 0.435 e. The predicted octanol–water partition coefficient (Wildman–Crippen LogP) is 15.2. The van der Waals surface area contributed by atoms with E-state index in [-0.39, 0.29) is 49.9 Å². The maximum Gasteiger partial charge on any atom is 0.435 e. The molecule has 376 valence electrons. The van der Waals surface area contributed by atoms with Gasteiger partial charge in [0.05, 0.1) is 45.2 Å². The molecule has 0 atom stereocenters. The number of benzene rings is 5. The molecule has 0 bridgehead atoms. The molecule has 7 rings (SSSR count). The molecule has 0 fully saturated rings. The lowest BCUT2D eigenvalue weighted by Crippen LogP contribution is -2.50. The number of anilines is 2. The number of carbonyl (C=O) groups excluding carboxylic acids is 1. The van der Waals surface area contributed by atoms with Gasteiger partial charge in [-0.1, -0.05) is 59.6 Å². The molecular formula is C47H33Cl2F15N6O. The van der Waals surface area contributed by atoms with Crippen molar-refractivity contribution in [1.29, 1.82) is 0 Å². The number of nitrogens with one attached hydrogen (secondary N) is 1. The van der Waals surface area contributed by atoms with E-state index in [4.69, 9.17) is 28.9 Å². The van der Waals surface area contributed by atoms with E-state index in [2.05, 4.69) is 15.5 Å². The van der Waals surface area contributed by atoms with Crippen molar-refractivity contribution >= 4 is 40.5 Å². The van der Waals surface area contributed by atoms with Gasteiger partial charge in [0.25, 0.3) is 5.91 Å². The van der Waals surface area contributed by atoms with E-state index < -0.39 is 58.9 Å². The van der Waals surface area contributed by atoms with Gasteiger partial charge in [-0.15, -0.1) is 0 Å². The van der Waals surface area contributed by atoms with Crippen molar-refractivity contribution in [1.82, 2.24) is 19.6 Å². The third-order valence-corrected chi connectivity index (χ3v) is 11.6.